The average Bonchev–Trinajstić information content (AvgIpc) is 3.30. The molecule has 1 fully saturated rings. The van der Waals surface area contributed by atoms with E-state index < -0.39 is 10.0 Å². The summed E-state index contributed by atoms with van der Waals surface area (Å²) in [4.78, 5) is 0.274. The van der Waals surface area contributed by atoms with Gasteiger partial charge in [0.05, 0.1) is 4.90 Å². The van der Waals surface area contributed by atoms with Crippen LogP contribution in [0, 0.1) is 12.7 Å². The quantitative estimate of drug-likeness (QED) is 0.810. The highest BCUT2D eigenvalue weighted by Gasteiger charge is 2.38. The third-order valence-electron chi connectivity index (χ3n) is 3.93. The largest absolute Gasteiger partial charge is 0.243 e. The molecule has 3 rings (SSSR count). The van der Waals surface area contributed by atoms with E-state index in [1.165, 1.54) is 16.4 Å². The number of aryl methyl sites for hydroxylation is 1. The van der Waals surface area contributed by atoms with Gasteiger partial charge in [-0.05, 0) is 61.2 Å². The van der Waals surface area contributed by atoms with Crippen LogP contribution in [0.15, 0.2) is 47.4 Å². The van der Waals surface area contributed by atoms with Crippen LogP contribution in [-0.4, -0.2) is 18.8 Å². The van der Waals surface area contributed by atoms with Gasteiger partial charge in [-0.25, -0.2) is 12.8 Å². The summed E-state index contributed by atoms with van der Waals surface area (Å²) >= 11 is 5.92. The fraction of sp³-hybridized carbons (Fsp3) is 0.294. The Morgan fingerprint density at radius 3 is 2.39 bits per heavy atom. The third-order valence-corrected chi connectivity index (χ3v) is 6.22. The smallest absolute Gasteiger partial charge is 0.207 e. The van der Waals surface area contributed by atoms with E-state index in [1.54, 1.807) is 37.3 Å². The van der Waals surface area contributed by atoms with Crippen LogP contribution in [0.5, 0.6) is 0 Å². The molecule has 0 bridgehead atoms. The van der Waals surface area contributed by atoms with Crippen molar-refractivity contribution < 1.29 is 12.8 Å². The Bertz CT molecular complexity index is 817. The van der Waals surface area contributed by atoms with E-state index in [4.69, 9.17) is 11.6 Å². The van der Waals surface area contributed by atoms with E-state index in [-0.39, 0.29) is 23.3 Å². The van der Waals surface area contributed by atoms with Crippen molar-refractivity contribution in [2.45, 2.75) is 37.2 Å². The van der Waals surface area contributed by atoms with Crippen molar-refractivity contribution in [2.24, 2.45) is 0 Å². The molecule has 23 heavy (non-hydrogen) atoms. The Morgan fingerprint density at radius 2 is 1.83 bits per heavy atom. The van der Waals surface area contributed by atoms with Crippen molar-refractivity contribution in [3.05, 3.63) is 64.4 Å². The van der Waals surface area contributed by atoms with Crippen LogP contribution in [0.1, 0.15) is 24.0 Å². The number of halogens is 2. The first kappa shape index (κ1) is 16.4. The molecular weight excluding hydrogens is 337 g/mol. The van der Waals surface area contributed by atoms with E-state index in [9.17, 15) is 12.8 Å². The van der Waals surface area contributed by atoms with Gasteiger partial charge in [0.25, 0.3) is 0 Å². The van der Waals surface area contributed by atoms with Crippen molar-refractivity contribution >= 4 is 21.6 Å². The summed E-state index contributed by atoms with van der Waals surface area (Å²) in [6, 6.07) is 10.7. The first-order valence-electron chi connectivity index (χ1n) is 7.40. The summed E-state index contributed by atoms with van der Waals surface area (Å²) in [6.07, 6.45) is 1.71. The molecule has 2 aromatic rings. The molecule has 0 saturated heterocycles. The van der Waals surface area contributed by atoms with Crippen LogP contribution >= 0.6 is 11.6 Å². The van der Waals surface area contributed by atoms with Crippen LogP contribution in [0.3, 0.4) is 0 Å². The van der Waals surface area contributed by atoms with Crippen molar-refractivity contribution in [1.82, 2.24) is 4.31 Å². The Balaban J connectivity index is 1.95. The summed E-state index contributed by atoms with van der Waals surface area (Å²) < 4.78 is 40.6. The molecule has 0 amide bonds. The zero-order valence-electron chi connectivity index (χ0n) is 12.7. The van der Waals surface area contributed by atoms with Gasteiger partial charge in [0.1, 0.15) is 5.82 Å². The second-order valence-electron chi connectivity index (χ2n) is 5.82. The second-order valence-corrected chi connectivity index (χ2v) is 8.11. The normalized spacial score (nSPS) is 15.1. The van der Waals surface area contributed by atoms with Crippen LogP contribution in [0.25, 0.3) is 0 Å². The molecule has 1 saturated carbocycles. The van der Waals surface area contributed by atoms with Gasteiger partial charge in [-0.3, -0.25) is 0 Å². The van der Waals surface area contributed by atoms with E-state index >= 15 is 0 Å². The molecule has 0 spiro atoms. The van der Waals surface area contributed by atoms with Crippen LogP contribution in [0.2, 0.25) is 5.02 Å². The molecule has 0 radical (unpaired) electrons. The zero-order valence-corrected chi connectivity index (χ0v) is 14.2. The molecule has 122 valence electrons. The molecule has 0 aliphatic heterocycles. The maximum atomic E-state index is 13.0. The summed E-state index contributed by atoms with van der Waals surface area (Å²) in [5, 5.41) is 0.512. The van der Waals surface area contributed by atoms with Crippen LogP contribution in [0.4, 0.5) is 4.39 Å². The van der Waals surface area contributed by atoms with Crippen LogP contribution < -0.4 is 0 Å². The Morgan fingerprint density at radius 1 is 1.17 bits per heavy atom. The minimum absolute atomic E-state index is 0.0140. The molecule has 6 heteroatoms. The second kappa shape index (κ2) is 6.23. The number of sulfonamides is 1. The SMILES string of the molecule is Cc1cc(Cl)ccc1S(=O)(=O)N(Cc1ccc(F)cc1)C1CC1. The molecule has 0 unspecified atom stereocenters. The van der Waals surface area contributed by atoms with Crippen LogP contribution in [-0.2, 0) is 16.6 Å². The fourth-order valence-electron chi connectivity index (χ4n) is 2.57. The molecule has 1 aliphatic rings. The Hall–Kier alpha value is -1.43. The Labute approximate surface area is 140 Å². The third kappa shape index (κ3) is 3.57. The van der Waals surface area contributed by atoms with Gasteiger partial charge in [0.15, 0.2) is 0 Å². The van der Waals surface area contributed by atoms with Gasteiger partial charge >= 0.3 is 0 Å². The molecule has 0 N–H and O–H groups in total. The molecule has 3 nitrogen and oxygen atoms in total. The average molecular weight is 354 g/mol. The van der Waals surface area contributed by atoms with Gasteiger partial charge in [0, 0.05) is 17.6 Å². The molecule has 1 aliphatic carbocycles. The van der Waals surface area contributed by atoms with E-state index in [0.29, 0.717) is 10.6 Å². The van der Waals surface area contributed by atoms with Crippen molar-refractivity contribution in [3.8, 4) is 0 Å². The highest BCUT2D eigenvalue weighted by Crippen LogP contribution is 2.34. The lowest BCUT2D eigenvalue weighted by atomic mass is 10.2. The fourth-order valence-corrected chi connectivity index (χ4v) is 4.68. The lowest BCUT2D eigenvalue weighted by Crippen LogP contribution is -2.33. The number of rotatable bonds is 5. The highest BCUT2D eigenvalue weighted by molar-refractivity contribution is 7.89. The predicted molar refractivity (Wildman–Crippen MR) is 88.3 cm³/mol. The predicted octanol–water partition coefficient (Wildman–Crippen LogP) is 4.14. The molecular formula is C17H17ClFNO2S. The monoisotopic (exact) mass is 353 g/mol. The molecule has 0 heterocycles. The van der Waals surface area contributed by atoms with Crippen molar-refractivity contribution in [3.63, 3.8) is 0 Å². The lowest BCUT2D eigenvalue weighted by molar-refractivity contribution is 0.398. The minimum atomic E-state index is -3.61. The van der Waals surface area contributed by atoms with Gasteiger partial charge in [0.2, 0.25) is 10.0 Å². The van der Waals surface area contributed by atoms with Gasteiger partial charge in [-0.15, -0.1) is 0 Å². The summed E-state index contributed by atoms with van der Waals surface area (Å²) in [7, 11) is -3.61. The number of nitrogens with zero attached hydrogens (tertiary/aromatic N) is 1. The Kier molecular flexibility index (Phi) is 4.45. The van der Waals surface area contributed by atoms with Gasteiger partial charge in [-0.2, -0.15) is 4.31 Å². The number of hydrogen-bond donors (Lipinski definition) is 0. The van der Waals surface area contributed by atoms with Crippen molar-refractivity contribution in [1.29, 1.82) is 0 Å². The standard InChI is InChI=1S/C17H17ClFNO2S/c1-12-10-14(18)4-9-17(12)23(21,22)20(16-7-8-16)11-13-2-5-15(19)6-3-13/h2-6,9-10,16H,7-8,11H2,1H3. The van der Waals surface area contributed by atoms with E-state index in [2.05, 4.69) is 0 Å². The minimum Gasteiger partial charge on any atom is -0.207 e. The summed E-state index contributed by atoms with van der Waals surface area (Å²) in [5.41, 5.74) is 1.40. The van der Waals surface area contributed by atoms with Gasteiger partial charge in [-0.1, -0.05) is 23.7 Å². The molecule has 0 aromatic heterocycles. The van der Waals surface area contributed by atoms with Gasteiger partial charge < -0.3 is 0 Å². The topological polar surface area (TPSA) is 37.4 Å². The van der Waals surface area contributed by atoms with E-state index in [1.807, 2.05) is 0 Å². The lowest BCUT2D eigenvalue weighted by Gasteiger charge is -2.23. The molecule has 2 aromatic carbocycles. The maximum absolute atomic E-state index is 13.0. The molecule has 0 atom stereocenters. The first-order valence-corrected chi connectivity index (χ1v) is 9.22. The number of hydrogen-bond acceptors (Lipinski definition) is 2. The number of benzene rings is 2. The summed E-state index contributed by atoms with van der Waals surface area (Å²) in [5.74, 6) is -0.330. The highest BCUT2D eigenvalue weighted by atomic mass is 35.5. The first-order chi connectivity index (χ1) is 10.9. The van der Waals surface area contributed by atoms with Crippen molar-refractivity contribution in [2.75, 3.05) is 0 Å². The zero-order chi connectivity index (χ0) is 16.6. The summed E-state index contributed by atoms with van der Waals surface area (Å²) in [6.45, 7) is 1.98. The maximum Gasteiger partial charge on any atom is 0.243 e. The van der Waals surface area contributed by atoms with E-state index in [0.717, 1.165) is 18.4 Å².